The van der Waals surface area contributed by atoms with E-state index in [1.54, 1.807) is 13.3 Å². The smallest absolute Gasteiger partial charge is 0.178 e. The van der Waals surface area contributed by atoms with Gasteiger partial charge in [0.1, 0.15) is 11.4 Å². The van der Waals surface area contributed by atoms with Gasteiger partial charge in [-0.1, -0.05) is 18.2 Å². The highest BCUT2D eigenvalue weighted by Crippen LogP contribution is 2.22. The van der Waals surface area contributed by atoms with Gasteiger partial charge in [-0.3, -0.25) is 9.88 Å². The molecule has 126 valence electrons. The molecule has 0 bridgehead atoms. The average Bonchev–Trinajstić information content (AvgIpc) is 2.69. The lowest BCUT2D eigenvalue weighted by Crippen LogP contribution is -2.31. The molecule has 0 aliphatic carbocycles. The van der Waals surface area contributed by atoms with E-state index >= 15 is 0 Å². The van der Waals surface area contributed by atoms with Gasteiger partial charge < -0.3 is 4.74 Å². The van der Waals surface area contributed by atoms with Crippen molar-refractivity contribution in [3.63, 3.8) is 0 Å². The number of hydrogen-bond donors (Lipinski definition) is 0. The van der Waals surface area contributed by atoms with Crippen LogP contribution in [0.15, 0.2) is 54.9 Å². The summed E-state index contributed by atoms with van der Waals surface area (Å²) in [4.78, 5) is 16.0. The van der Waals surface area contributed by atoms with Gasteiger partial charge in [0.2, 0.25) is 0 Å². The molecule has 4 rings (SSSR count). The predicted molar refractivity (Wildman–Crippen MR) is 96.1 cm³/mol. The SMILES string of the molecule is COc1ccc(CN2CCc3cnc(-c4ccccn4)nc3C2)cc1. The van der Waals surface area contributed by atoms with E-state index in [4.69, 9.17) is 9.72 Å². The highest BCUT2D eigenvalue weighted by Gasteiger charge is 2.19. The molecule has 5 nitrogen and oxygen atoms in total. The molecule has 2 aromatic heterocycles. The fraction of sp³-hybridized carbons (Fsp3) is 0.250. The van der Waals surface area contributed by atoms with Crippen molar-refractivity contribution < 1.29 is 4.74 Å². The van der Waals surface area contributed by atoms with E-state index in [0.29, 0.717) is 5.82 Å². The summed E-state index contributed by atoms with van der Waals surface area (Å²) >= 11 is 0. The topological polar surface area (TPSA) is 51.1 Å². The molecule has 3 aromatic rings. The number of ether oxygens (including phenoxy) is 1. The molecule has 0 saturated carbocycles. The summed E-state index contributed by atoms with van der Waals surface area (Å²) in [6.07, 6.45) is 4.71. The fourth-order valence-corrected chi connectivity index (χ4v) is 3.10. The van der Waals surface area contributed by atoms with Crippen LogP contribution in [0.1, 0.15) is 16.8 Å². The molecule has 0 amide bonds. The Balaban J connectivity index is 1.51. The quantitative estimate of drug-likeness (QED) is 0.735. The molecule has 0 N–H and O–H groups in total. The van der Waals surface area contributed by atoms with Gasteiger partial charge in [0, 0.05) is 32.0 Å². The predicted octanol–water partition coefficient (Wildman–Crippen LogP) is 3.11. The summed E-state index contributed by atoms with van der Waals surface area (Å²) in [7, 11) is 1.69. The Morgan fingerprint density at radius 2 is 1.96 bits per heavy atom. The molecule has 3 heterocycles. The molecule has 1 aromatic carbocycles. The molecule has 0 unspecified atom stereocenters. The van der Waals surface area contributed by atoms with Gasteiger partial charge >= 0.3 is 0 Å². The zero-order valence-corrected chi connectivity index (χ0v) is 14.2. The minimum absolute atomic E-state index is 0.700. The maximum absolute atomic E-state index is 5.22. The second kappa shape index (κ2) is 6.99. The molecule has 0 atom stereocenters. The van der Waals surface area contributed by atoms with Crippen LogP contribution in [0.2, 0.25) is 0 Å². The van der Waals surface area contributed by atoms with Crippen LogP contribution in [-0.4, -0.2) is 33.5 Å². The summed E-state index contributed by atoms with van der Waals surface area (Å²) in [6, 6.07) is 14.1. The highest BCUT2D eigenvalue weighted by atomic mass is 16.5. The molecule has 0 fully saturated rings. The van der Waals surface area contributed by atoms with E-state index < -0.39 is 0 Å². The van der Waals surface area contributed by atoms with Gasteiger partial charge in [-0.15, -0.1) is 0 Å². The summed E-state index contributed by atoms with van der Waals surface area (Å²) in [6.45, 7) is 2.77. The third kappa shape index (κ3) is 3.51. The molecule has 25 heavy (non-hydrogen) atoms. The summed E-state index contributed by atoms with van der Waals surface area (Å²) in [5, 5.41) is 0. The van der Waals surface area contributed by atoms with Crippen LogP contribution < -0.4 is 4.74 Å². The number of methoxy groups -OCH3 is 1. The lowest BCUT2D eigenvalue weighted by molar-refractivity contribution is 0.241. The number of hydrogen-bond acceptors (Lipinski definition) is 5. The molecule has 1 aliphatic rings. The number of fused-ring (bicyclic) bond motifs is 1. The number of benzene rings is 1. The van der Waals surface area contributed by atoms with E-state index in [1.165, 1.54) is 11.1 Å². The Labute approximate surface area is 147 Å². The van der Waals surface area contributed by atoms with Crippen LogP contribution >= 0.6 is 0 Å². The highest BCUT2D eigenvalue weighted by molar-refractivity contribution is 5.49. The number of aromatic nitrogens is 3. The van der Waals surface area contributed by atoms with Crippen LogP contribution in [-0.2, 0) is 19.5 Å². The van der Waals surface area contributed by atoms with Crippen LogP contribution in [0.25, 0.3) is 11.5 Å². The minimum Gasteiger partial charge on any atom is -0.497 e. The number of rotatable bonds is 4. The van der Waals surface area contributed by atoms with E-state index in [1.807, 2.05) is 36.5 Å². The normalized spacial score (nSPS) is 14.1. The van der Waals surface area contributed by atoms with Crippen molar-refractivity contribution in [1.82, 2.24) is 19.9 Å². The lowest BCUT2D eigenvalue weighted by Gasteiger charge is -2.28. The average molecular weight is 332 g/mol. The molecular formula is C20H20N4O. The van der Waals surface area contributed by atoms with Crippen molar-refractivity contribution >= 4 is 0 Å². The first kappa shape index (κ1) is 15.7. The van der Waals surface area contributed by atoms with Crippen molar-refractivity contribution in [2.45, 2.75) is 19.5 Å². The lowest BCUT2D eigenvalue weighted by atomic mass is 10.1. The first-order valence-electron chi connectivity index (χ1n) is 8.43. The van der Waals surface area contributed by atoms with Crippen molar-refractivity contribution in [2.75, 3.05) is 13.7 Å². The van der Waals surface area contributed by atoms with E-state index in [2.05, 4.69) is 27.0 Å². The van der Waals surface area contributed by atoms with E-state index in [9.17, 15) is 0 Å². The van der Waals surface area contributed by atoms with Gasteiger partial charge in [-0.25, -0.2) is 9.97 Å². The van der Waals surface area contributed by atoms with Crippen molar-refractivity contribution in [1.29, 1.82) is 0 Å². The zero-order valence-electron chi connectivity index (χ0n) is 14.2. The molecule has 5 heteroatoms. The number of pyridine rings is 1. The van der Waals surface area contributed by atoms with Gasteiger partial charge in [0.25, 0.3) is 0 Å². The van der Waals surface area contributed by atoms with Crippen molar-refractivity contribution in [3.8, 4) is 17.3 Å². The second-order valence-electron chi connectivity index (χ2n) is 6.19. The maximum Gasteiger partial charge on any atom is 0.178 e. The van der Waals surface area contributed by atoms with Crippen molar-refractivity contribution in [2.24, 2.45) is 0 Å². The Hall–Kier alpha value is -2.79. The van der Waals surface area contributed by atoms with Crippen LogP contribution in [0.3, 0.4) is 0 Å². The van der Waals surface area contributed by atoms with Gasteiger partial charge in [0.15, 0.2) is 5.82 Å². The molecular weight excluding hydrogens is 312 g/mol. The first-order valence-corrected chi connectivity index (χ1v) is 8.43. The zero-order chi connectivity index (χ0) is 17.1. The molecule has 0 radical (unpaired) electrons. The molecule has 1 aliphatic heterocycles. The monoisotopic (exact) mass is 332 g/mol. The third-order valence-electron chi connectivity index (χ3n) is 4.48. The summed E-state index contributed by atoms with van der Waals surface area (Å²) < 4.78 is 5.22. The van der Waals surface area contributed by atoms with E-state index in [0.717, 1.165) is 43.2 Å². The minimum atomic E-state index is 0.700. The summed E-state index contributed by atoms with van der Waals surface area (Å²) in [5.74, 6) is 1.59. The first-order chi connectivity index (χ1) is 12.3. The van der Waals surface area contributed by atoms with Gasteiger partial charge in [-0.05, 0) is 41.8 Å². The number of nitrogens with zero attached hydrogens (tertiary/aromatic N) is 4. The Kier molecular flexibility index (Phi) is 4.39. The standard InChI is InChI=1S/C20H20N4O/c1-25-17-7-5-15(6-8-17)13-24-11-9-16-12-22-20(23-19(16)14-24)18-4-2-3-10-21-18/h2-8,10,12H,9,11,13-14H2,1H3. The van der Waals surface area contributed by atoms with Crippen molar-refractivity contribution in [3.05, 3.63) is 71.7 Å². The van der Waals surface area contributed by atoms with Crippen LogP contribution in [0.4, 0.5) is 0 Å². The van der Waals surface area contributed by atoms with Crippen LogP contribution in [0, 0.1) is 0 Å². The fourth-order valence-electron chi connectivity index (χ4n) is 3.10. The summed E-state index contributed by atoms with van der Waals surface area (Å²) in [5.41, 5.74) is 4.45. The molecule has 0 spiro atoms. The van der Waals surface area contributed by atoms with E-state index in [-0.39, 0.29) is 0 Å². The van der Waals surface area contributed by atoms with Crippen LogP contribution in [0.5, 0.6) is 5.75 Å². The second-order valence-corrected chi connectivity index (χ2v) is 6.19. The Morgan fingerprint density at radius 1 is 1.08 bits per heavy atom. The Bertz CT molecular complexity index is 849. The maximum atomic E-state index is 5.22. The third-order valence-corrected chi connectivity index (χ3v) is 4.48. The van der Waals surface area contributed by atoms with Gasteiger partial charge in [0.05, 0.1) is 12.8 Å². The Morgan fingerprint density at radius 3 is 2.72 bits per heavy atom. The molecule has 0 saturated heterocycles. The largest absolute Gasteiger partial charge is 0.497 e. The van der Waals surface area contributed by atoms with Gasteiger partial charge in [-0.2, -0.15) is 0 Å².